The lowest BCUT2D eigenvalue weighted by atomic mass is 9.98. The lowest BCUT2D eigenvalue weighted by Crippen LogP contribution is -2.51. The molecule has 0 heterocycles. The van der Waals surface area contributed by atoms with E-state index in [0.717, 1.165) is 21.9 Å². The van der Waals surface area contributed by atoms with Crippen molar-refractivity contribution in [3.63, 3.8) is 0 Å². The largest absolute Gasteiger partial charge is 0.444 e. The highest BCUT2D eigenvalue weighted by Gasteiger charge is 2.34. The van der Waals surface area contributed by atoms with Gasteiger partial charge >= 0.3 is 6.09 Å². The summed E-state index contributed by atoms with van der Waals surface area (Å²) in [6, 6.07) is 17.6. The van der Waals surface area contributed by atoms with Gasteiger partial charge in [-0.25, -0.2) is 4.79 Å². The predicted molar refractivity (Wildman–Crippen MR) is 147 cm³/mol. The van der Waals surface area contributed by atoms with Crippen LogP contribution in [-0.4, -0.2) is 41.0 Å². The zero-order chi connectivity index (χ0) is 27.3. The lowest BCUT2D eigenvalue weighted by molar-refractivity contribution is -0.140. The molecule has 0 aliphatic rings. The van der Waals surface area contributed by atoms with E-state index in [1.807, 2.05) is 81.4 Å². The molecule has 3 amide bonds. The number of aryl methyl sites for hydroxylation is 2. The molecule has 0 aliphatic heterocycles. The van der Waals surface area contributed by atoms with Gasteiger partial charge in [0.2, 0.25) is 5.91 Å². The number of hydrogen-bond donors (Lipinski definition) is 2. The lowest BCUT2D eigenvalue weighted by Gasteiger charge is -2.33. The van der Waals surface area contributed by atoms with Gasteiger partial charge in [-0.2, -0.15) is 0 Å². The zero-order valence-corrected chi connectivity index (χ0v) is 22.7. The summed E-state index contributed by atoms with van der Waals surface area (Å²) in [5, 5.41) is 7.67. The number of fused-ring (bicyclic) bond motifs is 1. The third-order valence-electron chi connectivity index (χ3n) is 6.15. The molecule has 37 heavy (non-hydrogen) atoms. The Balaban J connectivity index is 1.92. The Hall–Kier alpha value is -3.87. The smallest absolute Gasteiger partial charge is 0.408 e. The summed E-state index contributed by atoms with van der Waals surface area (Å²) in [6.07, 6.45) is -0.687. The number of alkyl carbamates (subject to hydrolysis) is 1. The van der Waals surface area contributed by atoms with Gasteiger partial charge in [0.05, 0.1) is 0 Å². The molecular weight excluding hydrogens is 466 g/mol. The molecule has 196 valence electrons. The minimum atomic E-state index is -0.897. The highest BCUT2D eigenvalue weighted by atomic mass is 16.6. The van der Waals surface area contributed by atoms with Crippen molar-refractivity contribution in [1.82, 2.24) is 10.2 Å². The number of nitrogens with one attached hydrogen (secondary N) is 2. The van der Waals surface area contributed by atoms with Crippen molar-refractivity contribution in [1.29, 1.82) is 0 Å². The Morgan fingerprint density at radius 2 is 1.59 bits per heavy atom. The summed E-state index contributed by atoms with van der Waals surface area (Å²) >= 11 is 0. The fourth-order valence-corrected chi connectivity index (χ4v) is 4.15. The van der Waals surface area contributed by atoms with Gasteiger partial charge in [0.1, 0.15) is 17.7 Å². The first-order chi connectivity index (χ1) is 17.4. The van der Waals surface area contributed by atoms with Crippen LogP contribution in [0.5, 0.6) is 0 Å². The van der Waals surface area contributed by atoms with Crippen molar-refractivity contribution in [3.05, 3.63) is 77.4 Å². The van der Waals surface area contributed by atoms with Crippen LogP contribution in [0.3, 0.4) is 0 Å². The molecule has 0 saturated carbocycles. The Bertz CT molecular complexity index is 1300. The van der Waals surface area contributed by atoms with E-state index < -0.39 is 23.8 Å². The van der Waals surface area contributed by atoms with E-state index in [1.54, 1.807) is 27.7 Å². The average molecular weight is 504 g/mol. The number of carbonyl (C=O) groups excluding carboxylic acids is 3. The molecule has 0 saturated heterocycles. The summed E-state index contributed by atoms with van der Waals surface area (Å²) in [6.45, 7) is 12.9. The van der Waals surface area contributed by atoms with E-state index in [1.165, 1.54) is 4.90 Å². The molecule has 0 aromatic heterocycles. The van der Waals surface area contributed by atoms with Crippen LogP contribution >= 0.6 is 0 Å². The molecular formula is C30H37N3O4. The molecule has 0 aliphatic carbocycles. The maximum atomic E-state index is 13.8. The molecule has 0 bridgehead atoms. The summed E-state index contributed by atoms with van der Waals surface area (Å²) < 4.78 is 5.31. The highest BCUT2D eigenvalue weighted by molar-refractivity contribution is 6.00. The van der Waals surface area contributed by atoms with E-state index in [0.29, 0.717) is 11.3 Å². The Kier molecular flexibility index (Phi) is 8.58. The minimum Gasteiger partial charge on any atom is -0.444 e. The fraction of sp³-hybridized carbons (Fsp3) is 0.367. The second-order valence-electron chi connectivity index (χ2n) is 10.3. The summed E-state index contributed by atoms with van der Waals surface area (Å²) in [5.74, 6) is -0.719. The van der Waals surface area contributed by atoms with Gasteiger partial charge in [0, 0.05) is 12.2 Å². The predicted octanol–water partition coefficient (Wildman–Crippen LogP) is 5.90. The van der Waals surface area contributed by atoms with Crippen LogP contribution in [0.25, 0.3) is 10.8 Å². The molecule has 7 nitrogen and oxygen atoms in total. The monoisotopic (exact) mass is 503 g/mol. The van der Waals surface area contributed by atoms with Crippen LogP contribution in [0.4, 0.5) is 10.5 Å². The Morgan fingerprint density at radius 1 is 0.919 bits per heavy atom. The molecule has 0 radical (unpaired) electrons. The first-order valence-electron chi connectivity index (χ1n) is 12.6. The van der Waals surface area contributed by atoms with Crippen molar-refractivity contribution >= 4 is 34.4 Å². The topological polar surface area (TPSA) is 87.7 Å². The van der Waals surface area contributed by atoms with E-state index in [2.05, 4.69) is 10.6 Å². The van der Waals surface area contributed by atoms with Crippen molar-refractivity contribution in [2.45, 2.75) is 66.2 Å². The van der Waals surface area contributed by atoms with Crippen LogP contribution < -0.4 is 10.6 Å². The van der Waals surface area contributed by atoms with Gasteiger partial charge in [-0.15, -0.1) is 0 Å². The molecule has 3 aromatic rings. The molecule has 0 spiro atoms. The van der Waals surface area contributed by atoms with Crippen LogP contribution in [-0.2, 0) is 14.3 Å². The van der Waals surface area contributed by atoms with Gasteiger partial charge in [0.25, 0.3) is 5.91 Å². The maximum Gasteiger partial charge on any atom is 0.408 e. The van der Waals surface area contributed by atoms with Gasteiger partial charge in [-0.3, -0.25) is 9.59 Å². The highest BCUT2D eigenvalue weighted by Crippen LogP contribution is 2.27. The third kappa shape index (κ3) is 7.09. The minimum absolute atomic E-state index is 0.266. The van der Waals surface area contributed by atoms with Gasteiger partial charge in [0.15, 0.2) is 0 Å². The van der Waals surface area contributed by atoms with Gasteiger partial charge < -0.3 is 20.3 Å². The van der Waals surface area contributed by atoms with E-state index in [9.17, 15) is 14.4 Å². The first kappa shape index (κ1) is 27.7. The number of ether oxygens (including phenoxy) is 1. The first-order valence-corrected chi connectivity index (χ1v) is 12.6. The fourth-order valence-electron chi connectivity index (χ4n) is 4.15. The number of carbonyl (C=O) groups is 3. The standard InChI is InChI=1S/C30H37N3O4/c1-8-33(28(35)21(4)31-29(36)37-30(5,6)7)26(24-14-13-19(2)20(3)17-24)27(34)32-25-16-15-22-11-9-10-12-23(22)18-25/h9-18,21,26H,8H2,1-7H3,(H,31,36)(H,32,34). The summed E-state index contributed by atoms with van der Waals surface area (Å²) in [5.41, 5.74) is 2.75. The molecule has 3 aromatic carbocycles. The van der Waals surface area contributed by atoms with Crippen molar-refractivity contribution in [2.24, 2.45) is 0 Å². The summed E-state index contributed by atoms with van der Waals surface area (Å²) in [4.78, 5) is 41.1. The number of likely N-dealkylation sites (N-methyl/N-ethyl adjacent to an activating group) is 1. The number of benzene rings is 3. The van der Waals surface area contributed by atoms with E-state index in [4.69, 9.17) is 4.74 Å². The molecule has 7 heteroatoms. The quantitative estimate of drug-likeness (QED) is 0.420. The Labute approximate surface area is 219 Å². The second kappa shape index (κ2) is 11.5. The van der Waals surface area contributed by atoms with Crippen molar-refractivity contribution < 1.29 is 19.1 Å². The number of nitrogens with zero attached hydrogens (tertiary/aromatic N) is 1. The maximum absolute atomic E-state index is 13.8. The third-order valence-corrected chi connectivity index (χ3v) is 6.15. The second-order valence-corrected chi connectivity index (χ2v) is 10.3. The number of anilines is 1. The zero-order valence-electron chi connectivity index (χ0n) is 22.7. The van der Waals surface area contributed by atoms with Crippen LogP contribution in [0.1, 0.15) is 57.4 Å². The normalized spacial score (nSPS) is 12.9. The number of hydrogen-bond acceptors (Lipinski definition) is 4. The molecule has 2 unspecified atom stereocenters. The van der Waals surface area contributed by atoms with E-state index in [-0.39, 0.29) is 18.4 Å². The number of rotatable bonds is 7. The van der Waals surface area contributed by atoms with Crippen LogP contribution in [0.2, 0.25) is 0 Å². The van der Waals surface area contributed by atoms with Gasteiger partial charge in [-0.05, 0) is 88.1 Å². The molecule has 3 rings (SSSR count). The Morgan fingerprint density at radius 3 is 2.22 bits per heavy atom. The number of amides is 3. The molecule has 0 fully saturated rings. The van der Waals surface area contributed by atoms with Crippen LogP contribution in [0, 0.1) is 13.8 Å². The van der Waals surface area contributed by atoms with Crippen molar-refractivity contribution in [3.8, 4) is 0 Å². The van der Waals surface area contributed by atoms with Gasteiger partial charge in [-0.1, -0.05) is 48.5 Å². The SMILES string of the molecule is CCN(C(=O)C(C)NC(=O)OC(C)(C)C)C(C(=O)Nc1ccc2ccccc2c1)c1ccc(C)c(C)c1. The molecule has 2 atom stereocenters. The van der Waals surface area contributed by atoms with E-state index >= 15 is 0 Å². The summed E-state index contributed by atoms with van der Waals surface area (Å²) in [7, 11) is 0. The average Bonchev–Trinajstić information content (AvgIpc) is 2.82. The van der Waals surface area contributed by atoms with Crippen molar-refractivity contribution in [2.75, 3.05) is 11.9 Å². The van der Waals surface area contributed by atoms with Crippen LogP contribution in [0.15, 0.2) is 60.7 Å². The molecule has 2 N–H and O–H groups in total.